The third-order valence-electron chi connectivity index (χ3n) is 4.45. The van der Waals surface area contributed by atoms with E-state index in [9.17, 15) is 8.42 Å². The fraction of sp³-hybridized carbons (Fsp3) is 0.562. The molecule has 0 saturated carbocycles. The van der Waals surface area contributed by atoms with Crippen molar-refractivity contribution >= 4 is 15.8 Å². The first-order valence-corrected chi connectivity index (χ1v) is 10.2. The monoisotopic (exact) mass is 365 g/mol. The zero-order valence-corrected chi connectivity index (χ0v) is 15.5. The molecule has 1 aliphatic heterocycles. The molecule has 0 unspecified atom stereocenters. The van der Waals surface area contributed by atoms with Gasteiger partial charge in [-0.3, -0.25) is 0 Å². The zero-order chi connectivity index (χ0) is 18.0. The largest absolute Gasteiger partial charge is 0.356 e. The van der Waals surface area contributed by atoms with Gasteiger partial charge in [-0.05, 0) is 31.9 Å². The van der Waals surface area contributed by atoms with E-state index in [1.54, 1.807) is 17.4 Å². The van der Waals surface area contributed by atoms with Crippen LogP contribution >= 0.6 is 0 Å². The van der Waals surface area contributed by atoms with Crippen molar-refractivity contribution < 1.29 is 12.9 Å². The number of hydrogen-bond acceptors (Lipinski definition) is 7. The zero-order valence-electron chi connectivity index (χ0n) is 14.7. The van der Waals surface area contributed by atoms with Crippen molar-refractivity contribution in [2.45, 2.75) is 32.7 Å². The first-order valence-electron chi connectivity index (χ1n) is 8.37. The van der Waals surface area contributed by atoms with Crippen LogP contribution in [0.1, 0.15) is 25.6 Å². The van der Waals surface area contributed by atoms with E-state index >= 15 is 0 Å². The summed E-state index contributed by atoms with van der Waals surface area (Å²) < 4.78 is 30.7. The van der Waals surface area contributed by atoms with Crippen LogP contribution in [-0.2, 0) is 10.0 Å². The highest BCUT2D eigenvalue weighted by molar-refractivity contribution is 7.88. The number of anilines is 1. The predicted molar refractivity (Wildman–Crippen MR) is 94.7 cm³/mol. The van der Waals surface area contributed by atoms with Crippen molar-refractivity contribution in [2.75, 3.05) is 30.8 Å². The van der Waals surface area contributed by atoms with Crippen molar-refractivity contribution in [3.63, 3.8) is 0 Å². The molecule has 25 heavy (non-hydrogen) atoms. The number of nitrogens with zero attached hydrogens (tertiary/aromatic N) is 5. The topological polar surface area (TPSA) is 92.4 Å². The highest BCUT2D eigenvalue weighted by atomic mass is 32.2. The lowest BCUT2D eigenvalue weighted by atomic mass is 10.0. The fourth-order valence-electron chi connectivity index (χ4n) is 3.35. The number of rotatable bonds is 5. The molecule has 3 rings (SSSR count). The molecule has 3 heterocycles. The van der Waals surface area contributed by atoms with Gasteiger partial charge in [-0.2, -0.15) is 9.29 Å². The number of aryl methyl sites for hydroxylation is 1. The van der Waals surface area contributed by atoms with E-state index in [1.807, 2.05) is 19.1 Å². The molecule has 2 aromatic heterocycles. The van der Waals surface area contributed by atoms with Crippen LogP contribution in [0.5, 0.6) is 0 Å². The van der Waals surface area contributed by atoms with Gasteiger partial charge in [0, 0.05) is 31.9 Å². The van der Waals surface area contributed by atoms with Crippen LogP contribution in [-0.4, -0.2) is 59.8 Å². The molecule has 0 N–H and O–H groups in total. The summed E-state index contributed by atoms with van der Waals surface area (Å²) in [5.41, 5.74) is 0.803. The Morgan fingerprint density at radius 3 is 2.64 bits per heavy atom. The maximum Gasteiger partial charge on any atom is 0.261 e. The Balaban J connectivity index is 1.78. The van der Waals surface area contributed by atoms with Crippen molar-refractivity contribution in [2.24, 2.45) is 0 Å². The average Bonchev–Trinajstić information content (AvgIpc) is 3.01. The van der Waals surface area contributed by atoms with Crippen LogP contribution in [0.25, 0.3) is 11.5 Å². The molecule has 0 atom stereocenters. The van der Waals surface area contributed by atoms with Crippen molar-refractivity contribution in [1.29, 1.82) is 0 Å². The van der Waals surface area contributed by atoms with E-state index in [1.165, 1.54) is 6.26 Å². The number of hydrogen-bond donors (Lipinski definition) is 0. The minimum absolute atomic E-state index is 0.0362. The average molecular weight is 365 g/mol. The van der Waals surface area contributed by atoms with Crippen LogP contribution in [0.15, 0.2) is 22.9 Å². The van der Waals surface area contributed by atoms with Crippen LogP contribution in [0, 0.1) is 6.92 Å². The van der Waals surface area contributed by atoms with Gasteiger partial charge in [0.15, 0.2) is 5.82 Å². The maximum absolute atomic E-state index is 11.9. The lowest BCUT2D eigenvalue weighted by molar-refractivity contribution is 0.285. The third kappa shape index (κ3) is 3.82. The molecule has 1 saturated heterocycles. The molecular weight excluding hydrogens is 342 g/mol. The lowest BCUT2D eigenvalue weighted by Crippen LogP contribution is -2.47. The van der Waals surface area contributed by atoms with Crippen LogP contribution in [0.2, 0.25) is 0 Å². The molecule has 0 spiro atoms. The lowest BCUT2D eigenvalue weighted by Gasteiger charge is -2.37. The van der Waals surface area contributed by atoms with Crippen molar-refractivity contribution in [3.05, 3.63) is 24.2 Å². The second-order valence-electron chi connectivity index (χ2n) is 6.21. The van der Waals surface area contributed by atoms with Gasteiger partial charge in [-0.15, -0.1) is 0 Å². The maximum atomic E-state index is 11.9. The Kier molecular flexibility index (Phi) is 5.05. The first kappa shape index (κ1) is 17.8. The summed E-state index contributed by atoms with van der Waals surface area (Å²) in [7, 11) is -3.18. The van der Waals surface area contributed by atoms with E-state index < -0.39 is 10.0 Å². The molecule has 0 aromatic carbocycles. The molecule has 1 aliphatic rings. The number of pyridine rings is 1. The molecule has 0 amide bonds. The summed E-state index contributed by atoms with van der Waals surface area (Å²) in [4.78, 5) is 10.9. The molecular formula is C16H23N5O3S. The van der Waals surface area contributed by atoms with Gasteiger partial charge in [-0.25, -0.2) is 13.4 Å². The molecule has 9 heteroatoms. The molecule has 2 aromatic rings. The van der Waals surface area contributed by atoms with E-state index in [4.69, 9.17) is 4.52 Å². The fourth-order valence-corrected chi connectivity index (χ4v) is 4.57. The standard InChI is InChI=1S/C16H23N5O3S/c1-4-21(25(3,22)23)13-7-10-20(11-8-13)15-14(6-5-9-17-15)16-18-12(2)19-24-16/h5-6,9,13H,4,7-8,10-11H2,1-3H3. The summed E-state index contributed by atoms with van der Waals surface area (Å²) in [6, 6.07) is 3.79. The Hall–Kier alpha value is -2.00. The van der Waals surface area contributed by atoms with E-state index in [2.05, 4.69) is 20.0 Å². The predicted octanol–water partition coefficient (Wildman–Crippen LogP) is 1.69. The third-order valence-corrected chi connectivity index (χ3v) is 5.86. The molecule has 1 fully saturated rings. The van der Waals surface area contributed by atoms with E-state index in [0.717, 1.165) is 37.3 Å². The van der Waals surface area contributed by atoms with Gasteiger partial charge in [0.2, 0.25) is 10.0 Å². The highest BCUT2D eigenvalue weighted by Crippen LogP contribution is 2.30. The van der Waals surface area contributed by atoms with E-state index in [-0.39, 0.29) is 6.04 Å². The molecule has 136 valence electrons. The van der Waals surface area contributed by atoms with Crippen LogP contribution in [0.3, 0.4) is 0 Å². The van der Waals surface area contributed by atoms with Gasteiger partial charge < -0.3 is 9.42 Å². The molecule has 0 bridgehead atoms. The second-order valence-corrected chi connectivity index (χ2v) is 8.14. The van der Waals surface area contributed by atoms with Gasteiger partial charge in [0.1, 0.15) is 5.82 Å². The van der Waals surface area contributed by atoms with Crippen molar-refractivity contribution in [3.8, 4) is 11.5 Å². The van der Waals surface area contributed by atoms with Crippen LogP contribution in [0.4, 0.5) is 5.82 Å². The number of piperidine rings is 1. The summed E-state index contributed by atoms with van der Waals surface area (Å²) >= 11 is 0. The first-order chi connectivity index (χ1) is 11.9. The van der Waals surface area contributed by atoms with E-state index in [0.29, 0.717) is 18.3 Å². The number of aromatic nitrogens is 3. The minimum Gasteiger partial charge on any atom is -0.356 e. The summed E-state index contributed by atoms with van der Waals surface area (Å²) in [6.07, 6.45) is 4.54. The van der Waals surface area contributed by atoms with Crippen LogP contribution < -0.4 is 4.90 Å². The Bertz CT molecular complexity index is 828. The van der Waals surface area contributed by atoms with Gasteiger partial charge in [0.25, 0.3) is 5.89 Å². The Morgan fingerprint density at radius 2 is 2.08 bits per heavy atom. The Morgan fingerprint density at radius 1 is 1.36 bits per heavy atom. The van der Waals surface area contributed by atoms with Gasteiger partial charge in [-0.1, -0.05) is 12.1 Å². The summed E-state index contributed by atoms with van der Waals surface area (Å²) in [5.74, 6) is 1.83. The second kappa shape index (κ2) is 7.09. The quantitative estimate of drug-likeness (QED) is 0.796. The minimum atomic E-state index is -3.18. The Labute approximate surface area is 147 Å². The summed E-state index contributed by atoms with van der Waals surface area (Å²) in [5, 5.41) is 3.85. The van der Waals surface area contributed by atoms with Gasteiger partial charge >= 0.3 is 0 Å². The van der Waals surface area contributed by atoms with Gasteiger partial charge in [0.05, 0.1) is 11.8 Å². The number of sulfonamides is 1. The SMILES string of the molecule is CCN(C1CCN(c2ncccc2-c2nc(C)no2)CC1)S(C)(=O)=O. The molecule has 8 nitrogen and oxygen atoms in total. The molecule has 0 radical (unpaired) electrons. The smallest absolute Gasteiger partial charge is 0.261 e. The molecule has 0 aliphatic carbocycles. The normalized spacial score (nSPS) is 16.6. The van der Waals surface area contributed by atoms with Crippen molar-refractivity contribution in [1.82, 2.24) is 19.4 Å². The highest BCUT2D eigenvalue weighted by Gasteiger charge is 2.30. The summed E-state index contributed by atoms with van der Waals surface area (Å²) in [6.45, 7) is 5.61.